The zero-order chi connectivity index (χ0) is 20.4. The van der Waals surface area contributed by atoms with E-state index in [0.717, 1.165) is 23.8 Å². The van der Waals surface area contributed by atoms with Crippen molar-refractivity contribution in [3.63, 3.8) is 0 Å². The molecule has 144 valence electrons. The van der Waals surface area contributed by atoms with Gasteiger partial charge >= 0.3 is 0 Å². The molecule has 0 saturated heterocycles. The lowest BCUT2D eigenvalue weighted by Gasteiger charge is -2.08. The average molecular weight is 377 g/mol. The highest BCUT2D eigenvalue weighted by Gasteiger charge is 2.08. The predicted molar refractivity (Wildman–Crippen MR) is 109 cm³/mol. The fourth-order valence-corrected chi connectivity index (χ4v) is 2.61. The lowest BCUT2D eigenvalue weighted by atomic mass is 10.0. The van der Waals surface area contributed by atoms with Crippen LogP contribution >= 0.6 is 0 Å². The number of carbonyl (C=O) groups excluding carboxylic acids is 2. The highest BCUT2D eigenvalue weighted by Crippen LogP contribution is 2.18. The Bertz CT molecular complexity index is 910. The number of pyridine rings is 1. The molecule has 1 heterocycles. The summed E-state index contributed by atoms with van der Waals surface area (Å²) in [5, 5.41) is 12.5. The second-order valence-electron chi connectivity index (χ2n) is 5.78. The van der Waals surface area contributed by atoms with E-state index in [-0.39, 0.29) is 11.8 Å². The quantitative estimate of drug-likeness (QED) is 0.637. The van der Waals surface area contributed by atoms with Gasteiger partial charge in [0.1, 0.15) is 0 Å². The summed E-state index contributed by atoms with van der Waals surface area (Å²) in [7, 11) is 2.59. The summed E-state index contributed by atoms with van der Waals surface area (Å²) in [6.07, 6.45) is 3.48. The van der Waals surface area contributed by atoms with Crippen LogP contribution in [0, 0.1) is 0 Å². The van der Waals surface area contributed by atoms with Gasteiger partial charge in [-0.1, -0.05) is 24.3 Å². The molecule has 0 fully saturated rings. The first-order valence-electron chi connectivity index (χ1n) is 8.72. The first-order valence-corrected chi connectivity index (χ1v) is 8.72. The Labute approximate surface area is 164 Å². The Morgan fingerprint density at radius 3 is 2.14 bits per heavy atom. The summed E-state index contributed by atoms with van der Waals surface area (Å²) in [4.78, 5) is 28.0. The number of aliphatic hydroxyl groups is 1. The van der Waals surface area contributed by atoms with E-state index in [2.05, 4.69) is 15.6 Å². The second kappa shape index (κ2) is 10.6. The van der Waals surface area contributed by atoms with Gasteiger partial charge in [-0.05, 0) is 53.1 Å². The molecule has 0 spiro atoms. The molecule has 6 nitrogen and oxygen atoms in total. The van der Waals surface area contributed by atoms with Gasteiger partial charge < -0.3 is 15.7 Å². The van der Waals surface area contributed by atoms with Crippen molar-refractivity contribution in [3.05, 3.63) is 89.7 Å². The molecule has 3 N–H and O–H groups in total. The van der Waals surface area contributed by atoms with Crippen molar-refractivity contribution in [2.75, 3.05) is 14.2 Å². The number of aromatic nitrogens is 1. The minimum Gasteiger partial charge on any atom is -0.400 e. The Morgan fingerprint density at radius 2 is 1.50 bits per heavy atom. The molecule has 2 aromatic carbocycles. The third-order valence-corrected chi connectivity index (χ3v) is 4.03. The second-order valence-corrected chi connectivity index (χ2v) is 5.78. The highest BCUT2D eigenvalue weighted by molar-refractivity contribution is 5.95. The van der Waals surface area contributed by atoms with Gasteiger partial charge in [-0.2, -0.15) is 0 Å². The first-order chi connectivity index (χ1) is 13.7. The van der Waals surface area contributed by atoms with Gasteiger partial charge in [-0.15, -0.1) is 0 Å². The lowest BCUT2D eigenvalue weighted by molar-refractivity contribution is 0.0948. The predicted octanol–water partition coefficient (Wildman–Crippen LogP) is 2.65. The number of nitrogens with zero attached hydrogens (tertiary/aromatic N) is 1. The van der Waals surface area contributed by atoms with Crippen LogP contribution in [0.3, 0.4) is 0 Å². The SMILES string of the molecule is CNC(=O)c1cccc(CNC(=O)c2ccc(-c3ccncc3)cc2)c1.CO. The largest absolute Gasteiger partial charge is 0.400 e. The van der Waals surface area contributed by atoms with Crippen LogP contribution in [0.4, 0.5) is 0 Å². The molecular formula is C22H23N3O3. The van der Waals surface area contributed by atoms with Gasteiger partial charge in [0.15, 0.2) is 0 Å². The van der Waals surface area contributed by atoms with Crippen LogP contribution in [-0.4, -0.2) is 36.1 Å². The van der Waals surface area contributed by atoms with E-state index >= 15 is 0 Å². The monoisotopic (exact) mass is 377 g/mol. The summed E-state index contributed by atoms with van der Waals surface area (Å²) < 4.78 is 0. The van der Waals surface area contributed by atoms with E-state index < -0.39 is 0 Å². The van der Waals surface area contributed by atoms with E-state index in [1.54, 1.807) is 49.8 Å². The highest BCUT2D eigenvalue weighted by atomic mass is 16.2. The van der Waals surface area contributed by atoms with Crippen LogP contribution < -0.4 is 10.6 Å². The van der Waals surface area contributed by atoms with Crippen molar-refractivity contribution < 1.29 is 14.7 Å². The molecule has 3 aromatic rings. The van der Waals surface area contributed by atoms with Crippen LogP contribution in [0.25, 0.3) is 11.1 Å². The van der Waals surface area contributed by atoms with Crippen molar-refractivity contribution in [2.24, 2.45) is 0 Å². The zero-order valence-corrected chi connectivity index (χ0v) is 15.8. The molecule has 0 radical (unpaired) electrons. The molecule has 0 aliphatic heterocycles. The molecule has 0 aliphatic carbocycles. The van der Waals surface area contributed by atoms with Gasteiger partial charge in [-0.3, -0.25) is 14.6 Å². The number of carbonyl (C=O) groups is 2. The smallest absolute Gasteiger partial charge is 0.251 e. The molecule has 2 amide bonds. The number of benzene rings is 2. The number of nitrogens with one attached hydrogen (secondary N) is 2. The number of hydrogen-bond donors (Lipinski definition) is 3. The Hall–Kier alpha value is -3.51. The Morgan fingerprint density at radius 1 is 0.857 bits per heavy atom. The minimum atomic E-state index is -0.156. The molecule has 6 heteroatoms. The van der Waals surface area contributed by atoms with Gasteiger partial charge in [0, 0.05) is 44.2 Å². The minimum absolute atomic E-state index is 0.148. The van der Waals surface area contributed by atoms with E-state index in [1.165, 1.54) is 0 Å². The molecule has 1 aromatic heterocycles. The Balaban J connectivity index is 0.00000136. The summed E-state index contributed by atoms with van der Waals surface area (Å²) in [5.74, 6) is -0.304. The standard InChI is InChI=1S/C21H19N3O2.CH4O/c1-22-20(25)19-4-2-3-15(13-19)14-24-21(26)18-7-5-16(6-8-18)17-9-11-23-12-10-17;1-2/h2-13H,14H2,1H3,(H,22,25)(H,24,26);2H,1H3. The molecule has 3 rings (SSSR count). The summed E-state index contributed by atoms with van der Waals surface area (Å²) in [6, 6.07) is 18.5. The van der Waals surface area contributed by atoms with Crippen LogP contribution in [0.2, 0.25) is 0 Å². The van der Waals surface area contributed by atoms with E-state index in [9.17, 15) is 9.59 Å². The maximum Gasteiger partial charge on any atom is 0.251 e. The van der Waals surface area contributed by atoms with Crippen molar-refractivity contribution in [1.29, 1.82) is 0 Å². The van der Waals surface area contributed by atoms with Crippen LogP contribution in [0.15, 0.2) is 73.1 Å². The van der Waals surface area contributed by atoms with Crippen molar-refractivity contribution in [2.45, 2.75) is 6.54 Å². The fourth-order valence-electron chi connectivity index (χ4n) is 2.61. The maximum absolute atomic E-state index is 12.3. The number of amides is 2. The van der Waals surface area contributed by atoms with Gasteiger partial charge in [0.25, 0.3) is 11.8 Å². The third kappa shape index (κ3) is 5.49. The van der Waals surface area contributed by atoms with E-state index in [1.807, 2.05) is 30.3 Å². The van der Waals surface area contributed by atoms with Crippen LogP contribution in [0.5, 0.6) is 0 Å². The first kappa shape index (κ1) is 20.8. The lowest BCUT2D eigenvalue weighted by Crippen LogP contribution is -2.23. The molecule has 0 unspecified atom stereocenters. The molecule has 28 heavy (non-hydrogen) atoms. The number of hydrogen-bond acceptors (Lipinski definition) is 4. The maximum atomic E-state index is 12.3. The normalized spacial score (nSPS) is 9.68. The van der Waals surface area contributed by atoms with Crippen molar-refractivity contribution >= 4 is 11.8 Å². The van der Waals surface area contributed by atoms with Gasteiger partial charge in [0.2, 0.25) is 0 Å². The Kier molecular flexibility index (Phi) is 7.87. The van der Waals surface area contributed by atoms with Crippen molar-refractivity contribution in [3.8, 4) is 11.1 Å². The summed E-state index contributed by atoms with van der Waals surface area (Å²) in [6.45, 7) is 0.357. The number of rotatable bonds is 5. The topological polar surface area (TPSA) is 91.3 Å². The summed E-state index contributed by atoms with van der Waals surface area (Å²) >= 11 is 0. The van der Waals surface area contributed by atoms with Crippen LogP contribution in [-0.2, 0) is 6.54 Å². The molecule has 0 aliphatic rings. The van der Waals surface area contributed by atoms with Gasteiger partial charge in [-0.25, -0.2) is 0 Å². The molecule has 0 atom stereocenters. The van der Waals surface area contributed by atoms with Crippen molar-refractivity contribution in [1.82, 2.24) is 15.6 Å². The fraction of sp³-hybridized carbons (Fsp3) is 0.136. The third-order valence-electron chi connectivity index (χ3n) is 4.03. The average Bonchev–Trinajstić information content (AvgIpc) is 2.79. The molecular weight excluding hydrogens is 354 g/mol. The zero-order valence-electron chi connectivity index (χ0n) is 15.8. The van der Waals surface area contributed by atoms with E-state index in [0.29, 0.717) is 17.7 Å². The summed E-state index contributed by atoms with van der Waals surface area (Å²) in [5.41, 5.74) is 4.11. The molecule has 0 bridgehead atoms. The molecule has 0 saturated carbocycles. The number of aliphatic hydroxyl groups excluding tert-OH is 1. The van der Waals surface area contributed by atoms with Gasteiger partial charge in [0.05, 0.1) is 0 Å². The van der Waals surface area contributed by atoms with Crippen LogP contribution in [0.1, 0.15) is 26.3 Å². The van der Waals surface area contributed by atoms with E-state index in [4.69, 9.17) is 5.11 Å².